The highest BCUT2D eigenvalue weighted by Gasteiger charge is 2.25. The molecular weight excluding hydrogens is 608 g/mol. The molecule has 11 nitrogen and oxygen atoms in total. The lowest BCUT2D eigenvalue weighted by molar-refractivity contribution is -0.118. The molecule has 0 spiro atoms. The van der Waals surface area contributed by atoms with Crippen LogP contribution in [-0.2, 0) is 21.5 Å². The number of anilines is 1. The van der Waals surface area contributed by atoms with E-state index in [0.717, 1.165) is 33.7 Å². The zero-order valence-electron chi connectivity index (χ0n) is 25.9. The van der Waals surface area contributed by atoms with Crippen molar-refractivity contribution in [1.82, 2.24) is 15.1 Å². The number of para-hydroxylation sites is 1. The van der Waals surface area contributed by atoms with E-state index in [9.17, 15) is 18.0 Å². The summed E-state index contributed by atoms with van der Waals surface area (Å²) in [6.45, 7) is 5.88. The number of carbonyl (C=O) groups excluding carboxylic acids is 2. The van der Waals surface area contributed by atoms with Crippen molar-refractivity contribution in [2.75, 3.05) is 37.0 Å². The van der Waals surface area contributed by atoms with Gasteiger partial charge in [0.05, 0.1) is 37.4 Å². The van der Waals surface area contributed by atoms with E-state index in [2.05, 4.69) is 23.4 Å². The molecule has 0 atom stereocenters. The average Bonchev–Trinajstić information content (AvgIpc) is 3.37. The monoisotopic (exact) mass is 646 g/mol. The van der Waals surface area contributed by atoms with Gasteiger partial charge in [0.25, 0.3) is 16.0 Å². The summed E-state index contributed by atoms with van der Waals surface area (Å²) in [5.74, 6) is 0.553. The van der Waals surface area contributed by atoms with Gasteiger partial charge in [-0.25, -0.2) is 0 Å². The Bertz CT molecular complexity index is 1800. The normalized spacial score (nSPS) is 13.0. The van der Waals surface area contributed by atoms with Crippen molar-refractivity contribution in [3.05, 3.63) is 95.3 Å². The summed E-state index contributed by atoms with van der Waals surface area (Å²) >= 11 is 0. The SMILES string of the molecule is Cc1cccc(OCCCC(=O)N2CCCOc3c(-c4cnn(Cc5ccc(C(=O)NCCS(=O)(=O)O)cc5)c4)cccc32)c1C. The standard InChI is InChI=1S/C34H38N4O7S/c1-24-7-3-10-31(25(24)2)44-18-5-11-32(39)38-17-6-19-45-33-29(8-4-9-30(33)38)28-21-36-37(23-28)22-26-12-14-27(15-13-26)34(40)35-16-20-46(41,42)43/h3-4,7-10,12-15,21,23H,5-6,11,16-20,22H2,1-2H3,(H,35,40)(H,41,42,43). The molecule has 0 bridgehead atoms. The molecule has 1 aliphatic heterocycles. The molecule has 1 aliphatic rings. The first-order valence-corrected chi connectivity index (χ1v) is 16.8. The van der Waals surface area contributed by atoms with Gasteiger partial charge in [0, 0.05) is 42.4 Å². The Hall–Kier alpha value is -4.68. The number of carbonyl (C=O) groups is 2. The van der Waals surface area contributed by atoms with E-state index in [0.29, 0.717) is 56.9 Å². The number of aryl methyl sites for hydroxylation is 1. The van der Waals surface area contributed by atoms with Crippen molar-refractivity contribution < 1.29 is 32.0 Å². The van der Waals surface area contributed by atoms with Crippen LogP contribution in [0.25, 0.3) is 11.1 Å². The van der Waals surface area contributed by atoms with Gasteiger partial charge in [-0.1, -0.05) is 36.4 Å². The zero-order valence-corrected chi connectivity index (χ0v) is 26.8. The molecule has 0 saturated heterocycles. The number of ether oxygens (including phenoxy) is 2. The average molecular weight is 647 g/mol. The van der Waals surface area contributed by atoms with Crippen molar-refractivity contribution in [1.29, 1.82) is 0 Å². The fourth-order valence-electron chi connectivity index (χ4n) is 5.25. The number of nitrogens with one attached hydrogen (secondary N) is 1. The molecule has 2 N–H and O–H groups in total. The largest absolute Gasteiger partial charge is 0.493 e. The maximum absolute atomic E-state index is 13.4. The molecule has 1 aromatic heterocycles. The van der Waals surface area contributed by atoms with Crippen LogP contribution in [0, 0.1) is 13.8 Å². The van der Waals surface area contributed by atoms with Gasteiger partial charge in [0.1, 0.15) is 5.75 Å². The van der Waals surface area contributed by atoms with Crippen molar-refractivity contribution in [3.8, 4) is 22.6 Å². The number of benzene rings is 3. The number of amides is 2. The van der Waals surface area contributed by atoms with Gasteiger partial charge >= 0.3 is 0 Å². The van der Waals surface area contributed by atoms with Gasteiger partial charge < -0.3 is 19.7 Å². The quantitative estimate of drug-likeness (QED) is 0.165. The molecule has 5 rings (SSSR count). The summed E-state index contributed by atoms with van der Waals surface area (Å²) < 4.78 is 44.5. The van der Waals surface area contributed by atoms with Gasteiger partial charge in [-0.15, -0.1) is 0 Å². The smallest absolute Gasteiger partial charge is 0.266 e. The lowest BCUT2D eigenvalue weighted by atomic mass is 10.1. The molecular formula is C34H38N4O7S. The van der Waals surface area contributed by atoms with E-state index in [-0.39, 0.29) is 12.5 Å². The van der Waals surface area contributed by atoms with Crippen molar-refractivity contribution in [3.63, 3.8) is 0 Å². The Kier molecular flexibility index (Phi) is 10.4. The number of rotatable bonds is 12. The van der Waals surface area contributed by atoms with E-state index in [1.54, 1.807) is 35.1 Å². The summed E-state index contributed by atoms with van der Waals surface area (Å²) in [5.41, 5.74) is 6.00. The second kappa shape index (κ2) is 14.6. The second-order valence-corrected chi connectivity index (χ2v) is 12.8. The molecule has 2 amide bonds. The summed E-state index contributed by atoms with van der Waals surface area (Å²) in [5, 5.41) is 7.00. The zero-order chi connectivity index (χ0) is 32.7. The third kappa shape index (κ3) is 8.32. The third-order valence-electron chi connectivity index (χ3n) is 7.86. The summed E-state index contributed by atoms with van der Waals surface area (Å²) in [7, 11) is -4.14. The van der Waals surface area contributed by atoms with Gasteiger partial charge in [-0.3, -0.25) is 18.8 Å². The molecule has 46 heavy (non-hydrogen) atoms. The van der Waals surface area contributed by atoms with Crippen molar-refractivity contribution in [2.24, 2.45) is 0 Å². The van der Waals surface area contributed by atoms with E-state index in [1.807, 2.05) is 48.4 Å². The van der Waals surface area contributed by atoms with Gasteiger partial charge in [-0.05, 0) is 67.6 Å². The first-order valence-electron chi connectivity index (χ1n) is 15.2. The summed E-state index contributed by atoms with van der Waals surface area (Å²) in [6, 6.07) is 18.7. The molecule has 12 heteroatoms. The highest BCUT2D eigenvalue weighted by molar-refractivity contribution is 7.85. The maximum atomic E-state index is 13.4. The molecule has 3 aromatic carbocycles. The fourth-order valence-corrected chi connectivity index (χ4v) is 5.61. The first-order chi connectivity index (χ1) is 22.1. The maximum Gasteiger partial charge on any atom is 0.266 e. The Morgan fingerprint density at radius 1 is 1.07 bits per heavy atom. The molecule has 0 radical (unpaired) electrons. The van der Waals surface area contributed by atoms with Crippen LogP contribution in [0.3, 0.4) is 0 Å². The lowest BCUT2D eigenvalue weighted by Crippen LogP contribution is -2.31. The number of aromatic nitrogens is 2. The minimum Gasteiger partial charge on any atom is -0.493 e. The van der Waals surface area contributed by atoms with Crippen molar-refractivity contribution in [2.45, 2.75) is 39.7 Å². The number of nitrogens with zero attached hydrogens (tertiary/aromatic N) is 3. The number of fused-ring (bicyclic) bond motifs is 1. The van der Waals surface area contributed by atoms with Crippen LogP contribution >= 0.6 is 0 Å². The Balaban J connectivity index is 1.22. The van der Waals surface area contributed by atoms with Gasteiger partial charge in [-0.2, -0.15) is 13.5 Å². The van der Waals surface area contributed by atoms with Crippen LogP contribution in [0.4, 0.5) is 5.69 Å². The van der Waals surface area contributed by atoms with Crippen LogP contribution in [0.5, 0.6) is 11.5 Å². The van der Waals surface area contributed by atoms with Crippen LogP contribution in [0.1, 0.15) is 46.3 Å². The fraction of sp³-hybridized carbons (Fsp3) is 0.324. The molecule has 0 fully saturated rings. The topological polar surface area (TPSA) is 140 Å². The van der Waals surface area contributed by atoms with Crippen LogP contribution in [0.15, 0.2) is 73.1 Å². The van der Waals surface area contributed by atoms with E-state index >= 15 is 0 Å². The van der Waals surface area contributed by atoms with E-state index in [1.165, 1.54) is 5.56 Å². The predicted molar refractivity (Wildman–Crippen MR) is 175 cm³/mol. The van der Waals surface area contributed by atoms with Crippen LogP contribution in [0.2, 0.25) is 0 Å². The number of hydrogen-bond donors (Lipinski definition) is 2. The van der Waals surface area contributed by atoms with E-state index in [4.69, 9.17) is 14.0 Å². The Morgan fingerprint density at radius 3 is 2.63 bits per heavy atom. The van der Waals surface area contributed by atoms with Gasteiger partial charge in [0.15, 0.2) is 5.75 Å². The Labute approximate surface area is 268 Å². The molecule has 0 saturated carbocycles. The molecule has 0 unspecified atom stereocenters. The summed E-state index contributed by atoms with van der Waals surface area (Å²) in [6.07, 6.45) is 5.35. The molecule has 4 aromatic rings. The second-order valence-electron chi connectivity index (χ2n) is 11.2. The number of hydrogen-bond acceptors (Lipinski definition) is 7. The van der Waals surface area contributed by atoms with E-state index < -0.39 is 21.8 Å². The Morgan fingerprint density at radius 2 is 1.85 bits per heavy atom. The summed E-state index contributed by atoms with van der Waals surface area (Å²) in [4.78, 5) is 27.5. The first kappa shape index (κ1) is 32.7. The van der Waals surface area contributed by atoms with Crippen LogP contribution < -0.4 is 19.7 Å². The third-order valence-corrected chi connectivity index (χ3v) is 8.58. The van der Waals surface area contributed by atoms with Gasteiger partial charge in [0.2, 0.25) is 5.91 Å². The minimum atomic E-state index is -4.14. The molecule has 242 valence electrons. The van der Waals surface area contributed by atoms with Crippen LogP contribution in [-0.4, -0.2) is 66.6 Å². The minimum absolute atomic E-state index is 0.0275. The molecule has 2 heterocycles. The molecule has 0 aliphatic carbocycles. The lowest BCUT2D eigenvalue weighted by Gasteiger charge is -2.23. The van der Waals surface area contributed by atoms with Crippen molar-refractivity contribution >= 4 is 27.6 Å². The predicted octanol–water partition coefficient (Wildman–Crippen LogP) is 4.81. The highest BCUT2D eigenvalue weighted by atomic mass is 32.2. The highest BCUT2D eigenvalue weighted by Crippen LogP contribution is 2.40.